The molecular weight excluding hydrogens is 530 g/mol. The number of hydrogen-bond donors (Lipinski definition) is 1. The molecule has 0 unspecified atom stereocenters. The van der Waals surface area contributed by atoms with E-state index in [1.165, 1.54) is 0 Å². The number of aromatic nitrogens is 2. The molecule has 1 saturated carbocycles. The van der Waals surface area contributed by atoms with Crippen LogP contribution in [0.5, 0.6) is 0 Å². The number of halogens is 3. The number of rotatable bonds is 9. The lowest BCUT2D eigenvalue weighted by Crippen LogP contribution is -2.44. The lowest BCUT2D eigenvalue weighted by molar-refractivity contribution is -0.175. The van der Waals surface area contributed by atoms with Crippen molar-refractivity contribution >= 4 is 21.9 Å². The number of benzene rings is 2. The van der Waals surface area contributed by atoms with Crippen molar-refractivity contribution in [3.63, 3.8) is 0 Å². The molecule has 1 aliphatic carbocycles. The van der Waals surface area contributed by atoms with Gasteiger partial charge in [-0.25, -0.2) is 18.6 Å². The molecule has 0 spiro atoms. The second-order valence-electron chi connectivity index (χ2n) is 9.81. The lowest BCUT2D eigenvalue weighted by atomic mass is 9.80. The Labute approximate surface area is 218 Å². The standard InChI is InChI=1S/C28H31BrF2N2O3/c1-19(2)25-32-24(16-20-8-10-23(29)11-9-20)18-33(25)14-15-36-26(34)28(35,21-6-4-3-5-7-21)22-12-13-27(30,31)17-22/h3-11,18-19,22,35H,12-17H2,1-2H3/t22-,28+/m1/s1. The first kappa shape index (κ1) is 26.5. The zero-order valence-electron chi connectivity index (χ0n) is 20.5. The van der Waals surface area contributed by atoms with E-state index in [2.05, 4.69) is 15.9 Å². The normalized spacial score (nSPS) is 18.8. The van der Waals surface area contributed by atoms with E-state index in [0.717, 1.165) is 21.6 Å². The Morgan fingerprint density at radius 3 is 2.53 bits per heavy atom. The van der Waals surface area contributed by atoms with Crippen LogP contribution in [0.1, 0.15) is 61.7 Å². The minimum Gasteiger partial charge on any atom is -0.461 e. The van der Waals surface area contributed by atoms with Crippen molar-refractivity contribution in [1.82, 2.24) is 9.55 Å². The van der Waals surface area contributed by atoms with E-state index in [1.807, 2.05) is 48.9 Å². The van der Waals surface area contributed by atoms with E-state index >= 15 is 0 Å². The molecule has 1 aliphatic rings. The molecule has 1 fully saturated rings. The van der Waals surface area contributed by atoms with Gasteiger partial charge >= 0.3 is 5.97 Å². The maximum Gasteiger partial charge on any atom is 0.343 e. The predicted octanol–water partition coefficient (Wildman–Crippen LogP) is 6.23. The molecule has 36 heavy (non-hydrogen) atoms. The molecule has 0 radical (unpaired) electrons. The molecule has 0 saturated heterocycles. The van der Waals surface area contributed by atoms with Gasteiger partial charge in [0, 0.05) is 41.8 Å². The number of carbonyl (C=O) groups excluding carboxylic acids is 1. The highest BCUT2D eigenvalue weighted by Crippen LogP contribution is 2.47. The van der Waals surface area contributed by atoms with Crippen molar-refractivity contribution in [2.75, 3.05) is 6.61 Å². The molecule has 3 aromatic rings. The second-order valence-corrected chi connectivity index (χ2v) is 10.7. The van der Waals surface area contributed by atoms with E-state index in [1.54, 1.807) is 30.3 Å². The van der Waals surface area contributed by atoms with Crippen LogP contribution in [-0.4, -0.2) is 33.2 Å². The van der Waals surface area contributed by atoms with Crippen LogP contribution >= 0.6 is 15.9 Å². The zero-order chi connectivity index (χ0) is 25.9. The van der Waals surface area contributed by atoms with Gasteiger partial charge in [0.2, 0.25) is 5.92 Å². The summed E-state index contributed by atoms with van der Waals surface area (Å²) >= 11 is 3.45. The fourth-order valence-corrected chi connectivity index (χ4v) is 5.15. The van der Waals surface area contributed by atoms with Gasteiger partial charge in [0.25, 0.3) is 0 Å². The van der Waals surface area contributed by atoms with Crippen molar-refractivity contribution in [2.45, 2.75) is 63.5 Å². The van der Waals surface area contributed by atoms with Gasteiger partial charge in [0.05, 0.1) is 12.2 Å². The monoisotopic (exact) mass is 560 g/mol. The Bertz CT molecular complexity index is 1180. The zero-order valence-corrected chi connectivity index (χ0v) is 22.0. The Balaban J connectivity index is 1.47. The Kier molecular flexibility index (Phi) is 7.95. The van der Waals surface area contributed by atoms with Gasteiger partial charge in [-0.3, -0.25) is 0 Å². The highest BCUT2D eigenvalue weighted by Gasteiger charge is 2.54. The van der Waals surface area contributed by atoms with Crippen molar-refractivity contribution in [3.05, 3.63) is 87.9 Å². The van der Waals surface area contributed by atoms with Gasteiger partial charge in [-0.1, -0.05) is 72.2 Å². The second kappa shape index (κ2) is 10.8. The molecule has 5 nitrogen and oxygen atoms in total. The highest BCUT2D eigenvalue weighted by atomic mass is 79.9. The summed E-state index contributed by atoms with van der Waals surface area (Å²) in [6, 6.07) is 16.3. The molecule has 1 N–H and O–H groups in total. The predicted molar refractivity (Wildman–Crippen MR) is 137 cm³/mol. The Morgan fingerprint density at radius 2 is 1.92 bits per heavy atom. The third kappa shape index (κ3) is 5.86. The average molecular weight is 561 g/mol. The van der Waals surface area contributed by atoms with Crippen LogP contribution in [0, 0.1) is 5.92 Å². The van der Waals surface area contributed by atoms with Crippen molar-refractivity contribution in [2.24, 2.45) is 5.92 Å². The summed E-state index contributed by atoms with van der Waals surface area (Å²) in [6.07, 6.45) is 1.77. The summed E-state index contributed by atoms with van der Waals surface area (Å²) in [7, 11) is 0. The summed E-state index contributed by atoms with van der Waals surface area (Å²) in [6.45, 7) is 4.43. The molecule has 0 aliphatic heterocycles. The molecule has 192 valence electrons. The first-order valence-electron chi connectivity index (χ1n) is 12.2. The SMILES string of the molecule is CC(C)c1nc(Cc2ccc(Br)cc2)cn1CCOC(=O)[C@](O)(c1ccccc1)[C@@H]1CCC(F)(F)C1. The first-order valence-corrected chi connectivity index (χ1v) is 13.0. The van der Waals surface area contributed by atoms with Gasteiger partial charge in [-0.15, -0.1) is 0 Å². The van der Waals surface area contributed by atoms with E-state index in [0.29, 0.717) is 13.0 Å². The fraction of sp³-hybridized carbons (Fsp3) is 0.429. The number of carbonyl (C=O) groups is 1. The number of aliphatic hydroxyl groups is 1. The smallest absolute Gasteiger partial charge is 0.343 e. The molecule has 4 rings (SSSR count). The molecule has 0 amide bonds. The van der Waals surface area contributed by atoms with Crippen LogP contribution in [0.15, 0.2) is 65.3 Å². The third-order valence-corrected chi connectivity index (χ3v) is 7.29. The Hall–Kier alpha value is -2.58. The van der Waals surface area contributed by atoms with Crippen LogP contribution in [0.4, 0.5) is 8.78 Å². The topological polar surface area (TPSA) is 64.4 Å². The minimum atomic E-state index is -2.90. The van der Waals surface area contributed by atoms with Crippen LogP contribution in [0.2, 0.25) is 0 Å². The summed E-state index contributed by atoms with van der Waals surface area (Å²) < 4.78 is 36.5. The van der Waals surface area contributed by atoms with E-state index in [4.69, 9.17) is 9.72 Å². The van der Waals surface area contributed by atoms with Crippen LogP contribution < -0.4 is 0 Å². The minimum absolute atomic E-state index is 0.00903. The van der Waals surface area contributed by atoms with Crippen molar-refractivity contribution in [1.29, 1.82) is 0 Å². The molecule has 1 heterocycles. The summed E-state index contributed by atoms with van der Waals surface area (Å²) in [4.78, 5) is 18.0. The summed E-state index contributed by atoms with van der Waals surface area (Å²) in [5.41, 5.74) is 0.191. The average Bonchev–Trinajstić information content (AvgIpc) is 3.43. The number of esters is 1. The van der Waals surface area contributed by atoms with Crippen molar-refractivity contribution in [3.8, 4) is 0 Å². The van der Waals surface area contributed by atoms with Crippen LogP contribution in [-0.2, 0) is 28.1 Å². The molecule has 1 aromatic heterocycles. The van der Waals surface area contributed by atoms with E-state index in [-0.39, 0.29) is 30.9 Å². The van der Waals surface area contributed by atoms with Gasteiger partial charge in [0.1, 0.15) is 12.4 Å². The molecule has 8 heteroatoms. The molecular formula is C28H31BrF2N2O3. The van der Waals surface area contributed by atoms with Gasteiger partial charge < -0.3 is 14.4 Å². The lowest BCUT2D eigenvalue weighted by Gasteiger charge is -2.32. The largest absolute Gasteiger partial charge is 0.461 e. The number of imidazole rings is 1. The Morgan fingerprint density at radius 1 is 1.22 bits per heavy atom. The van der Waals surface area contributed by atoms with Gasteiger partial charge in [-0.2, -0.15) is 0 Å². The van der Waals surface area contributed by atoms with Crippen molar-refractivity contribution < 1.29 is 23.4 Å². The van der Waals surface area contributed by atoms with Crippen LogP contribution in [0.25, 0.3) is 0 Å². The maximum absolute atomic E-state index is 14.0. The maximum atomic E-state index is 14.0. The number of ether oxygens (including phenoxy) is 1. The molecule has 2 atom stereocenters. The van der Waals surface area contributed by atoms with Gasteiger partial charge in [-0.05, 0) is 29.7 Å². The fourth-order valence-electron chi connectivity index (χ4n) is 4.89. The number of hydrogen-bond acceptors (Lipinski definition) is 4. The number of alkyl halides is 2. The quantitative estimate of drug-likeness (QED) is 0.315. The first-order chi connectivity index (χ1) is 17.1. The third-order valence-electron chi connectivity index (χ3n) is 6.76. The molecule has 2 aromatic carbocycles. The number of nitrogens with zero attached hydrogens (tertiary/aromatic N) is 2. The molecule has 0 bridgehead atoms. The highest BCUT2D eigenvalue weighted by molar-refractivity contribution is 9.10. The summed E-state index contributed by atoms with van der Waals surface area (Å²) in [5.74, 6) is -3.69. The van der Waals surface area contributed by atoms with Crippen LogP contribution in [0.3, 0.4) is 0 Å². The summed E-state index contributed by atoms with van der Waals surface area (Å²) in [5, 5.41) is 11.5. The van der Waals surface area contributed by atoms with E-state index < -0.39 is 29.8 Å². The van der Waals surface area contributed by atoms with Gasteiger partial charge in [0.15, 0.2) is 5.60 Å². The van der Waals surface area contributed by atoms with E-state index in [9.17, 15) is 18.7 Å².